The smallest absolute Gasteiger partial charge is 0.159 e. The topological polar surface area (TPSA) is 37.8 Å². The van der Waals surface area contributed by atoms with E-state index in [0.29, 0.717) is 0 Å². The number of nitrogens with one attached hydrogen (secondary N) is 1. The van der Waals surface area contributed by atoms with Crippen molar-refractivity contribution in [2.45, 2.75) is 26.7 Å². The van der Waals surface area contributed by atoms with Gasteiger partial charge in [-0.05, 0) is 70.1 Å². The van der Waals surface area contributed by atoms with Crippen molar-refractivity contribution in [1.82, 2.24) is 15.3 Å². The zero-order valence-corrected chi connectivity index (χ0v) is 13.0. The lowest BCUT2D eigenvalue weighted by atomic mass is 10.1. The maximum atomic E-state index is 5.91. The molecule has 0 amide bonds. The second-order valence-corrected chi connectivity index (χ2v) is 5.35. The van der Waals surface area contributed by atoms with Gasteiger partial charge < -0.3 is 5.32 Å². The fraction of sp³-hybridized carbons (Fsp3) is 0.375. The second kappa shape index (κ2) is 6.82. The molecule has 0 bridgehead atoms. The summed E-state index contributed by atoms with van der Waals surface area (Å²) >= 11 is 5.91. The van der Waals surface area contributed by atoms with Gasteiger partial charge in [0.25, 0.3) is 0 Å². The summed E-state index contributed by atoms with van der Waals surface area (Å²) < 4.78 is 0. The molecule has 0 aliphatic rings. The predicted octanol–water partition coefficient (Wildman–Crippen LogP) is 3.57. The summed E-state index contributed by atoms with van der Waals surface area (Å²) in [5.41, 5.74) is 4.40. The highest BCUT2D eigenvalue weighted by Gasteiger charge is 2.09. The summed E-state index contributed by atoms with van der Waals surface area (Å²) in [5, 5.41) is 3.89. The Morgan fingerprint density at radius 1 is 1.05 bits per heavy atom. The molecular formula is C16H20ClN3. The van der Waals surface area contributed by atoms with Gasteiger partial charge in [-0.25, -0.2) is 9.97 Å². The van der Waals surface area contributed by atoms with Crippen molar-refractivity contribution in [3.8, 4) is 11.4 Å². The Morgan fingerprint density at radius 3 is 2.20 bits per heavy atom. The van der Waals surface area contributed by atoms with Gasteiger partial charge in [-0.1, -0.05) is 11.6 Å². The molecule has 0 atom stereocenters. The Bertz CT molecular complexity index is 556. The molecule has 0 aliphatic carbocycles. The molecule has 1 aromatic heterocycles. The number of hydrogen-bond donors (Lipinski definition) is 1. The van der Waals surface area contributed by atoms with Crippen molar-refractivity contribution < 1.29 is 0 Å². The third-order valence-corrected chi connectivity index (χ3v) is 3.63. The minimum atomic E-state index is 0.728. The van der Waals surface area contributed by atoms with Gasteiger partial charge in [0, 0.05) is 22.0 Å². The molecule has 1 heterocycles. The summed E-state index contributed by atoms with van der Waals surface area (Å²) in [6.07, 6.45) is 2.11. The number of benzene rings is 1. The maximum absolute atomic E-state index is 5.91. The van der Waals surface area contributed by atoms with Crippen LogP contribution in [-0.2, 0) is 6.42 Å². The van der Waals surface area contributed by atoms with Gasteiger partial charge in [0.15, 0.2) is 5.82 Å². The fourth-order valence-corrected chi connectivity index (χ4v) is 2.40. The lowest BCUT2D eigenvalue weighted by molar-refractivity contribution is 0.715. The highest BCUT2D eigenvalue weighted by Crippen LogP contribution is 2.21. The van der Waals surface area contributed by atoms with Crippen LogP contribution in [0.4, 0.5) is 0 Å². The molecule has 2 rings (SSSR count). The van der Waals surface area contributed by atoms with Crippen LogP contribution in [0.3, 0.4) is 0 Å². The summed E-state index contributed by atoms with van der Waals surface area (Å²) in [6.45, 7) is 5.13. The van der Waals surface area contributed by atoms with E-state index in [9.17, 15) is 0 Å². The van der Waals surface area contributed by atoms with Crippen molar-refractivity contribution in [3.63, 3.8) is 0 Å². The average molecular weight is 290 g/mol. The SMILES string of the molecule is CNCCCc1c(C)nc(-c2ccc(Cl)cc2)nc1C. The molecule has 0 spiro atoms. The van der Waals surface area contributed by atoms with E-state index in [1.165, 1.54) is 5.56 Å². The van der Waals surface area contributed by atoms with Crippen molar-refractivity contribution in [2.24, 2.45) is 0 Å². The molecule has 20 heavy (non-hydrogen) atoms. The standard InChI is InChI=1S/C16H20ClN3/c1-11-15(5-4-10-18-3)12(2)20-16(19-11)13-6-8-14(17)9-7-13/h6-9,18H,4-5,10H2,1-3H3. The van der Waals surface area contributed by atoms with Gasteiger partial charge in [0.05, 0.1) is 0 Å². The van der Waals surface area contributed by atoms with Crippen LogP contribution in [0, 0.1) is 13.8 Å². The van der Waals surface area contributed by atoms with Crippen molar-refractivity contribution in [3.05, 3.63) is 46.2 Å². The molecule has 3 nitrogen and oxygen atoms in total. The predicted molar refractivity (Wildman–Crippen MR) is 84.2 cm³/mol. The average Bonchev–Trinajstić information content (AvgIpc) is 2.42. The van der Waals surface area contributed by atoms with E-state index in [4.69, 9.17) is 11.6 Å². The Morgan fingerprint density at radius 2 is 1.65 bits per heavy atom. The first-order chi connectivity index (χ1) is 9.61. The first-order valence-electron chi connectivity index (χ1n) is 6.86. The van der Waals surface area contributed by atoms with Crippen molar-refractivity contribution in [2.75, 3.05) is 13.6 Å². The Balaban J connectivity index is 2.27. The first-order valence-corrected chi connectivity index (χ1v) is 7.24. The molecule has 0 radical (unpaired) electrons. The van der Waals surface area contributed by atoms with Gasteiger partial charge >= 0.3 is 0 Å². The first kappa shape index (κ1) is 14.9. The molecule has 0 unspecified atom stereocenters. The summed E-state index contributed by atoms with van der Waals surface area (Å²) in [6, 6.07) is 7.64. The Hall–Kier alpha value is -1.45. The number of rotatable bonds is 5. The number of nitrogens with zero attached hydrogens (tertiary/aromatic N) is 2. The van der Waals surface area contributed by atoms with Gasteiger partial charge in [-0.2, -0.15) is 0 Å². The molecule has 0 saturated heterocycles. The Labute approximate surface area is 125 Å². The molecule has 0 aliphatic heterocycles. The number of hydrogen-bond acceptors (Lipinski definition) is 3. The summed E-state index contributed by atoms with van der Waals surface area (Å²) in [7, 11) is 1.97. The van der Waals surface area contributed by atoms with E-state index in [1.807, 2.05) is 31.3 Å². The zero-order chi connectivity index (χ0) is 14.5. The van der Waals surface area contributed by atoms with Gasteiger partial charge in [0.1, 0.15) is 0 Å². The minimum Gasteiger partial charge on any atom is -0.320 e. The van der Waals surface area contributed by atoms with E-state index < -0.39 is 0 Å². The molecule has 0 fully saturated rings. The van der Waals surface area contributed by atoms with Gasteiger partial charge in [0.2, 0.25) is 0 Å². The van der Waals surface area contributed by atoms with E-state index in [2.05, 4.69) is 29.1 Å². The monoisotopic (exact) mass is 289 g/mol. The fourth-order valence-electron chi connectivity index (χ4n) is 2.27. The summed E-state index contributed by atoms with van der Waals surface area (Å²) in [5.74, 6) is 0.772. The minimum absolute atomic E-state index is 0.728. The lowest BCUT2D eigenvalue weighted by Crippen LogP contribution is -2.10. The maximum Gasteiger partial charge on any atom is 0.159 e. The van der Waals surface area contributed by atoms with E-state index >= 15 is 0 Å². The molecule has 2 aromatic rings. The summed E-state index contributed by atoms with van der Waals surface area (Å²) in [4.78, 5) is 9.28. The van der Waals surface area contributed by atoms with Crippen molar-refractivity contribution in [1.29, 1.82) is 0 Å². The molecule has 1 N–H and O–H groups in total. The van der Waals surface area contributed by atoms with Crippen LogP contribution in [0.25, 0.3) is 11.4 Å². The van der Waals surface area contributed by atoms with E-state index in [1.54, 1.807) is 0 Å². The van der Waals surface area contributed by atoms with Crippen molar-refractivity contribution >= 4 is 11.6 Å². The highest BCUT2D eigenvalue weighted by molar-refractivity contribution is 6.30. The van der Waals surface area contributed by atoms with Crippen LogP contribution in [0.5, 0.6) is 0 Å². The van der Waals surface area contributed by atoms with Crippen LogP contribution < -0.4 is 5.32 Å². The molecular weight excluding hydrogens is 270 g/mol. The third-order valence-electron chi connectivity index (χ3n) is 3.38. The number of aromatic nitrogens is 2. The van der Waals surface area contributed by atoms with Gasteiger partial charge in [-0.3, -0.25) is 0 Å². The third kappa shape index (κ3) is 3.56. The van der Waals surface area contributed by atoms with E-state index in [-0.39, 0.29) is 0 Å². The van der Waals surface area contributed by atoms with Crippen LogP contribution in [0.15, 0.2) is 24.3 Å². The van der Waals surface area contributed by atoms with Crippen LogP contribution >= 0.6 is 11.6 Å². The Kier molecular flexibility index (Phi) is 5.10. The largest absolute Gasteiger partial charge is 0.320 e. The van der Waals surface area contributed by atoms with Crippen LogP contribution in [-0.4, -0.2) is 23.6 Å². The zero-order valence-electron chi connectivity index (χ0n) is 12.2. The lowest BCUT2D eigenvalue weighted by Gasteiger charge is -2.11. The van der Waals surface area contributed by atoms with E-state index in [0.717, 1.165) is 47.2 Å². The molecule has 1 aromatic carbocycles. The number of halogens is 1. The molecule has 4 heteroatoms. The highest BCUT2D eigenvalue weighted by atomic mass is 35.5. The van der Waals surface area contributed by atoms with Gasteiger partial charge in [-0.15, -0.1) is 0 Å². The molecule has 106 valence electrons. The normalized spacial score (nSPS) is 10.8. The number of aryl methyl sites for hydroxylation is 2. The quantitative estimate of drug-likeness (QED) is 0.855. The van der Waals surface area contributed by atoms with Crippen LogP contribution in [0.2, 0.25) is 5.02 Å². The second-order valence-electron chi connectivity index (χ2n) is 4.91. The molecule has 0 saturated carbocycles. The van der Waals surface area contributed by atoms with Crippen LogP contribution in [0.1, 0.15) is 23.4 Å².